The molecule has 74 valence electrons. The van der Waals surface area contributed by atoms with E-state index in [1.54, 1.807) is 13.0 Å². The third-order valence-electron chi connectivity index (χ3n) is 2.03. The molecule has 2 heteroatoms. The van der Waals surface area contributed by atoms with Crippen molar-refractivity contribution in [1.82, 2.24) is 0 Å². The third-order valence-corrected chi connectivity index (χ3v) is 2.92. The minimum atomic E-state index is 0.0862. The first-order chi connectivity index (χ1) is 6.50. The van der Waals surface area contributed by atoms with Crippen molar-refractivity contribution in [2.45, 2.75) is 20.8 Å². The van der Waals surface area contributed by atoms with Gasteiger partial charge in [-0.25, -0.2) is 0 Å². The van der Waals surface area contributed by atoms with Crippen LogP contribution in [0.15, 0.2) is 28.7 Å². The molecule has 0 saturated carbocycles. The van der Waals surface area contributed by atoms with E-state index in [4.69, 9.17) is 0 Å². The Morgan fingerprint density at radius 2 is 2.00 bits per heavy atom. The lowest BCUT2D eigenvalue weighted by Crippen LogP contribution is -1.87. The van der Waals surface area contributed by atoms with Gasteiger partial charge in [0.2, 0.25) is 0 Å². The molecular weight excluding hydrogens is 240 g/mol. The Morgan fingerprint density at radius 1 is 1.36 bits per heavy atom. The molecule has 0 bridgehead atoms. The Morgan fingerprint density at radius 3 is 2.50 bits per heavy atom. The molecule has 0 aliphatic heterocycles. The molecule has 1 aromatic rings. The molecule has 0 amide bonds. The van der Waals surface area contributed by atoms with Crippen LogP contribution in [0.3, 0.4) is 0 Å². The van der Waals surface area contributed by atoms with Gasteiger partial charge >= 0.3 is 0 Å². The summed E-state index contributed by atoms with van der Waals surface area (Å²) >= 11 is 3.44. The molecule has 1 rings (SSSR count). The molecule has 0 aromatic heterocycles. The van der Waals surface area contributed by atoms with E-state index in [9.17, 15) is 4.79 Å². The van der Waals surface area contributed by atoms with Crippen LogP contribution in [0.4, 0.5) is 0 Å². The highest BCUT2D eigenvalue weighted by Gasteiger charge is 1.99. The fraction of sp³-hybridized carbons (Fsp3) is 0.250. The van der Waals surface area contributed by atoms with Crippen LogP contribution in [0.5, 0.6) is 0 Å². The van der Waals surface area contributed by atoms with Crippen molar-refractivity contribution >= 4 is 27.3 Å². The Hall–Kier alpha value is -0.890. The zero-order chi connectivity index (χ0) is 10.7. The molecular formula is C12H13BrO. The first-order valence-electron chi connectivity index (χ1n) is 4.46. The van der Waals surface area contributed by atoms with Gasteiger partial charge in [-0.2, -0.15) is 0 Å². The van der Waals surface area contributed by atoms with Gasteiger partial charge in [-0.05, 0) is 49.6 Å². The summed E-state index contributed by atoms with van der Waals surface area (Å²) in [6, 6.07) is 6.08. The Labute approximate surface area is 93.0 Å². The fourth-order valence-electron chi connectivity index (χ4n) is 1.28. The van der Waals surface area contributed by atoms with E-state index < -0.39 is 0 Å². The van der Waals surface area contributed by atoms with Gasteiger partial charge in [0.25, 0.3) is 0 Å². The first-order valence-corrected chi connectivity index (χ1v) is 5.25. The van der Waals surface area contributed by atoms with Gasteiger partial charge in [-0.1, -0.05) is 28.1 Å². The lowest BCUT2D eigenvalue weighted by molar-refractivity contribution is -0.112. The van der Waals surface area contributed by atoms with Crippen LogP contribution in [0.25, 0.3) is 5.57 Å². The molecule has 0 N–H and O–H groups in total. The second-order valence-electron chi connectivity index (χ2n) is 3.40. The second kappa shape index (κ2) is 4.56. The molecule has 0 heterocycles. The van der Waals surface area contributed by atoms with Crippen molar-refractivity contribution < 1.29 is 4.79 Å². The highest BCUT2D eigenvalue weighted by Crippen LogP contribution is 2.21. The summed E-state index contributed by atoms with van der Waals surface area (Å²) in [5.74, 6) is 0.0862. The van der Waals surface area contributed by atoms with Gasteiger partial charge in [0.15, 0.2) is 5.78 Å². The molecule has 1 nitrogen and oxygen atoms in total. The van der Waals surface area contributed by atoms with Crippen LogP contribution in [0, 0.1) is 6.92 Å². The van der Waals surface area contributed by atoms with Crippen LogP contribution >= 0.6 is 15.9 Å². The molecule has 0 atom stereocenters. The molecule has 0 unspecified atom stereocenters. The Kier molecular flexibility index (Phi) is 3.64. The number of carbonyl (C=O) groups is 1. The number of aryl methyl sites for hydroxylation is 1. The Balaban J connectivity index is 3.09. The second-order valence-corrected chi connectivity index (χ2v) is 4.26. The molecule has 1 aromatic carbocycles. The van der Waals surface area contributed by atoms with Crippen LogP contribution in [-0.4, -0.2) is 5.78 Å². The van der Waals surface area contributed by atoms with Gasteiger partial charge in [0.05, 0.1) is 0 Å². The monoisotopic (exact) mass is 252 g/mol. The van der Waals surface area contributed by atoms with Crippen molar-refractivity contribution in [3.8, 4) is 0 Å². The molecule has 0 saturated heterocycles. The SMILES string of the molecule is CC(=O)/C=C(\C)c1ccc(Br)c(C)c1. The number of hydrogen-bond acceptors (Lipinski definition) is 1. The summed E-state index contributed by atoms with van der Waals surface area (Å²) in [4.78, 5) is 10.9. The quantitative estimate of drug-likeness (QED) is 0.733. The summed E-state index contributed by atoms with van der Waals surface area (Å²) in [5, 5.41) is 0. The lowest BCUT2D eigenvalue weighted by Gasteiger charge is -2.04. The summed E-state index contributed by atoms with van der Waals surface area (Å²) in [6.07, 6.45) is 1.66. The molecule has 0 fully saturated rings. The van der Waals surface area contributed by atoms with Gasteiger partial charge in [0, 0.05) is 4.47 Å². The predicted molar refractivity (Wildman–Crippen MR) is 63.2 cm³/mol. The summed E-state index contributed by atoms with van der Waals surface area (Å²) in [6.45, 7) is 5.55. The van der Waals surface area contributed by atoms with E-state index in [1.807, 2.05) is 26.0 Å². The zero-order valence-electron chi connectivity index (χ0n) is 8.60. The standard InChI is InChI=1S/C12H13BrO/c1-8(6-10(3)14)11-4-5-12(13)9(2)7-11/h4-7H,1-3H3/b8-6+. The maximum atomic E-state index is 10.9. The van der Waals surface area contributed by atoms with Crippen molar-refractivity contribution in [2.75, 3.05) is 0 Å². The average Bonchev–Trinajstić information content (AvgIpc) is 2.08. The van der Waals surface area contributed by atoms with Crippen LogP contribution in [0.1, 0.15) is 25.0 Å². The van der Waals surface area contributed by atoms with Gasteiger partial charge in [0.1, 0.15) is 0 Å². The van der Waals surface area contributed by atoms with Crippen molar-refractivity contribution in [1.29, 1.82) is 0 Å². The molecule has 0 spiro atoms. The van der Waals surface area contributed by atoms with Crippen molar-refractivity contribution in [2.24, 2.45) is 0 Å². The number of ketones is 1. The zero-order valence-corrected chi connectivity index (χ0v) is 10.2. The van der Waals surface area contributed by atoms with E-state index in [0.717, 1.165) is 15.6 Å². The molecule has 0 aliphatic rings. The smallest absolute Gasteiger partial charge is 0.152 e. The maximum absolute atomic E-state index is 10.9. The number of rotatable bonds is 2. The third kappa shape index (κ3) is 2.81. The number of carbonyl (C=O) groups excluding carboxylic acids is 1. The summed E-state index contributed by atoms with van der Waals surface area (Å²) in [7, 11) is 0. The number of halogens is 1. The summed E-state index contributed by atoms with van der Waals surface area (Å²) < 4.78 is 1.09. The van der Waals surface area contributed by atoms with Crippen LogP contribution in [0.2, 0.25) is 0 Å². The minimum absolute atomic E-state index is 0.0862. The van der Waals surface area contributed by atoms with Gasteiger partial charge in [-0.3, -0.25) is 4.79 Å². The Bertz CT molecular complexity index is 391. The molecule has 14 heavy (non-hydrogen) atoms. The molecule has 0 aliphatic carbocycles. The maximum Gasteiger partial charge on any atom is 0.152 e. The van der Waals surface area contributed by atoms with Gasteiger partial charge < -0.3 is 0 Å². The van der Waals surface area contributed by atoms with E-state index in [0.29, 0.717) is 0 Å². The first kappa shape index (κ1) is 11.2. The van der Waals surface area contributed by atoms with E-state index in [-0.39, 0.29) is 5.78 Å². The van der Waals surface area contributed by atoms with Crippen molar-refractivity contribution in [3.63, 3.8) is 0 Å². The topological polar surface area (TPSA) is 17.1 Å². The minimum Gasteiger partial charge on any atom is -0.295 e. The van der Waals surface area contributed by atoms with E-state index >= 15 is 0 Å². The summed E-state index contributed by atoms with van der Waals surface area (Å²) in [5.41, 5.74) is 3.29. The largest absolute Gasteiger partial charge is 0.295 e. The van der Waals surface area contributed by atoms with Gasteiger partial charge in [-0.15, -0.1) is 0 Å². The van der Waals surface area contributed by atoms with Crippen molar-refractivity contribution in [3.05, 3.63) is 39.9 Å². The number of allylic oxidation sites excluding steroid dienone is 2. The number of benzene rings is 1. The highest BCUT2D eigenvalue weighted by molar-refractivity contribution is 9.10. The van der Waals surface area contributed by atoms with Crippen LogP contribution in [-0.2, 0) is 4.79 Å². The highest BCUT2D eigenvalue weighted by atomic mass is 79.9. The van der Waals surface area contributed by atoms with E-state index in [1.165, 1.54) is 5.56 Å². The van der Waals surface area contributed by atoms with Crippen LogP contribution < -0.4 is 0 Å². The van der Waals surface area contributed by atoms with E-state index in [2.05, 4.69) is 22.0 Å². The normalized spacial score (nSPS) is 11.6. The fourth-order valence-corrected chi connectivity index (χ4v) is 1.52. The predicted octanol–water partition coefficient (Wildman–Crippen LogP) is 3.75. The average molecular weight is 253 g/mol. The molecule has 0 radical (unpaired) electrons. The number of hydrogen-bond donors (Lipinski definition) is 0. The lowest BCUT2D eigenvalue weighted by atomic mass is 10.0.